The monoisotopic (exact) mass is 374 g/mol. The molecule has 3 aromatic rings. The van der Waals surface area contributed by atoms with Gasteiger partial charge in [0.1, 0.15) is 11.4 Å². The molecule has 26 heavy (non-hydrogen) atoms. The SMILES string of the molecule is CCOC(=O)c1nn(-c2ccccc2Cl)c(-c2ccc(OC)cc2)c1F. The zero-order valence-corrected chi connectivity index (χ0v) is 15.0. The van der Waals surface area contributed by atoms with Gasteiger partial charge in [0.15, 0.2) is 5.82 Å². The van der Waals surface area contributed by atoms with Crippen molar-refractivity contribution in [1.29, 1.82) is 0 Å². The van der Waals surface area contributed by atoms with Crippen LogP contribution >= 0.6 is 11.6 Å². The van der Waals surface area contributed by atoms with E-state index >= 15 is 4.39 Å². The van der Waals surface area contributed by atoms with Crippen molar-refractivity contribution in [2.75, 3.05) is 13.7 Å². The maximum Gasteiger partial charge on any atom is 0.361 e. The van der Waals surface area contributed by atoms with Gasteiger partial charge >= 0.3 is 5.97 Å². The summed E-state index contributed by atoms with van der Waals surface area (Å²) in [6.45, 7) is 1.76. The largest absolute Gasteiger partial charge is 0.497 e. The summed E-state index contributed by atoms with van der Waals surface area (Å²) in [5.41, 5.74) is 0.696. The van der Waals surface area contributed by atoms with Crippen LogP contribution in [0.15, 0.2) is 48.5 Å². The molecule has 0 N–H and O–H groups in total. The molecule has 0 bridgehead atoms. The third-order valence-electron chi connectivity index (χ3n) is 3.74. The summed E-state index contributed by atoms with van der Waals surface area (Å²) in [6, 6.07) is 13.6. The van der Waals surface area contributed by atoms with Crippen LogP contribution in [0.2, 0.25) is 5.02 Å². The molecule has 0 aliphatic carbocycles. The van der Waals surface area contributed by atoms with Crippen LogP contribution < -0.4 is 4.74 Å². The third kappa shape index (κ3) is 3.28. The first kappa shape index (κ1) is 17.9. The predicted octanol–water partition coefficient (Wildman–Crippen LogP) is 4.52. The van der Waals surface area contributed by atoms with Crippen LogP contribution in [-0.4, -0.2) is 29.5 Å². The van der Waals surface area contributed by atoms with E-state index in [0.29, 0.717) is 22.0 Å². The van der Waals surface area contributed by atoms with Gasteiger partial charge in [-0.3, -0.25) is 0 Å². The lowest BCUT2D eigenvalue weighted by atomic mass is 10.1. The number of esters is 1. The van der Waals surface area contributed by atoms with Crippen molar-refractivity contribution in [1.82, 2.24) is 9.78 Å². The summed E-state index contributed by atoms with van der Waals surface area (Å²) < 4.78 is 26.4. The van der Waals surface area contributed by atoms with E-state index in [1.54, 1.807) is 62.6 Å². The van der Waals surface area contributed by atoms with Gasteiger partial charge in [0.25, 0.3) is 0 Å². The van der Waals surface area contributed by atoms with E-state index in [1.165, 1.54) is 4.68 Å². The lowest BCUT2D eigenvalue weighted by Crippen LogP contribution is -2.08. The molecule has 0 fully saturated rings. The minimum atomic E-state index is -0.828. The van der Waals surface area contributed by atoms with Crippen molar-refractivity contribution in [3.8, 4) is 22.7 Å². The Bertz CT molecular complexity index is 938. The Hall–Kier alpha value is -2.86. The highest BCUT2D eigenvalue weighted by molar-refractivity contribution is 6.32. The average Bonchev–Trinajstić information content (AvgIpc) is 2.99. The number of halogens is 2. The molecule has 1 heterocycles. The number of aromatic nitrogens is 2. The Labute approximate surface area is 154 Å². The molecular weight excluding hydrogens is 359 g/mol. The van der Waals surface area contributed by atoms with Crippen LogP contribution in [0.3, 0.4) is 0 Å². The van der Waals surface area contributed by atoms with Crippen molar-refractivity contribution in [3.63, 3.8) is 0 Å². The smallest absolute Gasteiger partial charge is 0.361 e. The molecule has 0 saturated heterocycles. The van der Waals surface area contributed by atoms with Crippen molar-refractivity contribution < 1.29 is 18.7 Å². The van der Waals surface area contributed by atoms with Crippen LogP contribution in [0.5, 0.6) is 5.75 Å². The van der Waals surface area contributed by atoms with Gasteiger partial charge in [-0.15, -0.1) is 0 Å². The van der Waals surface area contributed by atoms with Gasteiger partial charge < -0.3 is 9.47 Å². The lowest BCUT2D eigenvalue weighted by Gasteiger charge is -2.09. The molecule has 7 heteroatoms. The maximum atomic E-state index is 15.1. The summed E-state index contributed by atoms with van der Waals surface area (Å²) in [5.74, 6) is -0.970. The predicted molar refractivity (Wildman–Crippen MR) is 96.5 cm³/mol. The summed E-state index contributed by atoms with van der Waals surface area (Å²) in [7, 11) is 1.54. The number of hydrogen-bond acceptors (Lipinski definition) is 4. The van der Waals surface area contributed by atoms with E-state index in [0.717, 1.165) is 0 Å². The molecule has 0 spiro atoms. The van der Waals surface area contributed by atoms with E-state index in [1.807, 2.05) is 0 Å². The number of nitrogens with zero attached hydrogens (tertiary/aromatic N) is 2. The molecular formula is C19H16ClFN2O3. The van der Waals surface area contributed by atoms with E-state index in [4.69, 9.17) is 21.1 Å². The zero-order valence-electron chi connectivity index (χ0n) is 14.2. The molecule has 0 radical (unpaired) electrons. The standard InChI is InChI=1S/C19H16ClFN2O3/c1-3-26-19(24)17-16(21)18(12-8-10-13(25-2)11-9-12)23(22-17)15-7-5-4-6-14(15)20/h4-11H,3H2,1-2H3. The van der Waals surface area contributed by atoms with E-state index in [2.05, 4.69) is 5.10 Å². The minimum absolute atomic E-state index is 0.115. The molecule has 0 saturated carbocycles. The Morgan fingerprint density at radius 2 is 1.88 bits per heavy atom. The Morgan fingerprint density at radius 3 is 2.50 bits per heavy atom. The number of carbonyl (C=O) groups is 1. The lowest BCUT2D eigenvalue weighted by molar-refractivity contribution is 0.0513. The molecule has 0 aliphatic rings. The molecule has 134 valence electrons. The van der Waals surface area contributed by atoms with Crippen LogP contribution in [0.1, 0.15) is 17.4 Å². The first-order chi connectivity index (χ1) is 12.6. The quantitative estimate of drug-likeness (QED) is 0.616. The number of ether oxygens (including phenoxy) is 2. The number of hydrogen-bond donors (Lipinski definition) is 0. The molecule has 0 atom stereocenters. The average molecular weight is 375 g/mol. The fraction of sp³-hybridized carbons (Fsp3) is 0.158. The van der Waals surface area contributed by atoms with Crippen molar-refractivity contribution in [2.45, 2.75) is 6.92 Å². The second-order valence-corrected chi connectivity index (χ2v) is 5.73. The molecule has 5 nitrogen and oxygen atoms in total. The van der Waals surface area contributed by atoms with Crippen LogP contribution in [0, 0.1) is 5.82 Å². The van der Waals surface area contributed by atoms with Gasteiger partial charge in [-0.2, -0.15) is 5.10 Å². The number of rotatable bonds is 5. The summed E-state index contributed by atoms with van der Waals surface area (Å²) >= 11 is 6.25. The molecule has 3 rings (SSSR count). The number of carbonyl (C=O) groups excluding carboxylic acids is 1. The molecule has 0 amide bonds. The fourth-order valence-corrected chi connectivity index (χ4v) is 2.74. The van der Waals surface area contributed by atoms with E-state index in [-0.39, 0.29) is 12.3 Å². The van der Waals surface area contributed by atoms with Gasteiger partial charge in [0, 0.05) is 5.56 Å². The van der Waals surface area contributed by atoms with Gasteiger partial charge in [-0.1, -0.05) is 23.7 Å². The van der Waals surface area contributed by atoms with Gasteiger partial charge in [0.05, 0.1) is 24.4 Å². The number of benzene rings is 2. The Kier molecular flexibility index (Phi) is 5.23. The zero-order chi connectivity index (χ0) is 18.7. The Morgan fingerprint density at radius 1 is 1.19 bits per heavy atom. The first-order valence-electron chi connectivity index (χ1n) is 7.91. The minimum Gasteiger partial charge on any atom is -0.497 e. The molecule has 0 aliphatic heterocycles. The van der Waals surface area contributed by atoms with Gasteiger partial charge in [-0.05, 0) is 43.3 Å². The number of methoxy groups -OCH3 is 1. The highest BCUT2D eigenvalue weighted by Crippen LogP contribution is 2.32. The fourth-order valence-electron chi connectivity index (χ4n) is 2.52. The summed E-state index contributed by atoms with van der Waals surface area (Å²) in [4.78, 5) is 12.1. The third-order valence-corrected chi connectivity index (χ3v) is 4.06. The van der Waals surface area contributed by atoms with Crippen LogP contribution in [0.4, 0.5) is 4.39 Å². The molecule has 1 aromatic heterocycles. The Balaban J connectivity index is 2.23. The first-order valence-corrected chi connectivity index (χ1v) is 8.29. The summed E-state index contributed by atoms with van der Waals surface area (Å²) in [6.07, 6.45) is 0. The van der Waals surface area contributed by atoms with Crippen LogP contribution in [0.25, 0.3) is 16.9 Å². The van der Waals surface area contributed by atoms with Crippen molar-refractivity contribution >= 4 is 17.6 Å². The summed E-state index contributed by atoms with van der Waals surface area (Å²) in [5, 5.41) is 4.50. The van der Waals surface area contributed by atoms with E-state index < -0.39 is 17.5 Å². The highest BCUT2D eigenvalue weighted by Gasteiger charge is 2.26. The molecule has 0 unspecified atom stereocenters. The molecule has 2 aromatic carbocycles. The van der Waals surface area contributed by atoms with Crippen molar-refractivity contribution in [2.24, 2.45) is 0 Å². The van der Waals surface area contributed by atoms with Crippen molar-refractivity contribution in [3.05, 3.63) is 65.1 Å². The maximum absolute atomic E-state index is 15.1. The van der Waals surface area contributed by atoms with Crippen LogP contribution in [-0.2, 0) is 4.74 Å². The van der Waals surface area contributed by atoms with E-state index in [9.17, 15) is 4.79 Å². The second kappa shape index (κ2) is 7.58. The second-order valence-electron chi connectivity index (χ2n) is 5.32. The topological polar surface area (TPSA) is 53.3 Å². The normalized spacial score (nSPS) is 10.6. The number of para-hydroxylation sites is 1. The highest BCUT2D eigenvalue weighted by atomic mass is 35.5. The van der Waals surface area contributed by atoms with Gasteiger partial charge in [-0.25, -0.2) is 13.9 Å². The van der Waals surface area contributed by atoms with Gasteiger partial charge in [0.2, 0.25) is 5.69 Å².